The van der Waals surface area contributed by atoms with Crippen molar-refractivity contribution in [3.05, 3.63) is 70.5 Å². The van der Waals surface area contributed by atoms with Gasteiger partial charge in [-0.3, -0.25) is 9.59 Å². The highest BCUT2D eigenvalue weighted by Crippen LogP contribution is 2.13. The third-order valence-corrected chi connectivity index (χ3v) is 4.93. The monoisotopic (exact) mass is 405 g/mol. The van der Waals surface area contributed by atoms with E-state index in [4.69, 9.17) is 4.74 Å². The third kappa shape index (κ3) is 4.38. The number of fused-ring (bicyclic) bond motifs is 2. The Bertz CT molecular complexity index is 1200. The molecule has 1 amide bonds. The molecule has 0 unspecified atom stereocenters. The molecule has 2 heterocycles. The molecule has 154 valence electrons. The number of hydrogen-bond acceptors (Lipinski definition) is 5. The Morgan fingerprint density at radius 3 is 2.53 bits per heavy atom. The van der Waals surface area contributed by atoms with Gasteiger partial charge in [-0.2, -0.15) is 0 Å². The van der Waals surface area contributed by atoms with Crippen LogP contribution in [-0.4, -0.2) is 51.0 Å². The fraction of sp³-hybridized carbons (Fsp3) is 0.273. The van der Waals surface area contributed by atoms with Crippen molar-refractivity contribution in [2.24, 2.45) is 0 Å². The Kier molecular flexibility index (Phi) is 5.85. The largest absolute Gasteiger partial charge is 0.383 e. The molecule has 30 heavy (non-hydrogen) atoms. The van der Waals surface area contributed by atoms with Gasteiger partial charge in [-0.05, 0) is 24.3 Å². The summed E-state index contributed by atoms with van der Waals surface area (Å²) in [6, 6.07) is 14.9. The maximum Gasteiger partial charge on any atom is 0.258 e. The lowest BCUT2D eigenvalue weighted by Crippen LogP contribution is -2.35. The molecule has 8 heteroatoms. The molecule has 0 saturated heterocycles. The standard InChI is InChI=1S/C22H23N5O3/c1-30-13-12-27(14-20-23-16-7-3-2-6-15(16)22(29)26-20)21(28)11-10-19-24-17-8-4-5-9-18(17)25-19/h2-9H,10-14H2,1H3,(H,24,25)(H,23,26,29). The van der Waals surface area contributed by atoms with Crippen LogP contribution in [0.1, 0.15) is 18.1 Å². The van der Waals surface area contributed by atoms with Crippen molar-refractivity contribution < 1.29 is 9.53 Å². The van der Waals surface area contributed by atoms with Crippen LogP contribution in [0.25, 0.3) is 21.9 Å². The number of methoxy groups -OCH3 is 1. The number of imidazole rings is 1. The zero-order chi connectivity index (χ0) is 20.9. The van der Waals surface area contributed by atoms with E-state index < -0.39 is 0 Å². The molecular formula is C22H23N5O3. The van der Waals surface area contributed by atoms with Gasteiger partial charge in [0.25, 0.3) is 5.56 Å². The number of ether oxygens (including phenoxy) is 1. The zero-order valence-corrected chi connectivity index (χ0v) is 16.7. The van der Waals surface area contributed by atoms with Crippen molar-refractivity contribution >= 4 is 27.8 Å². The van der Waals surface area contributed by atoms with Crippen LogP contribution in [0.4, 0.5) is 0 Å². The quantitative estimate of drug-likeness (QED) is 0.468. The van der Waals surface area contributed by atoms with Crippen LogP contribution in [0, 0.1) is 0 Å². The fourth-order valence-electron chi connectivity index (χ4n) is 3.39. The normalized spacial score (nSPS) is 11.2. The molecule has 0 aliphatic rings. The number of hydrogen-bond donors (Lipinski definition) is 2. The van der Waals surface area contributed by atoms with Crippen molar-refractivity contribution in [3.63, 3.8) is 0 Å². The summed E-state index contributed by atoms with van der Waals surface area (Å²) in [6.07, 6.45) is 0.792. The number of carbonyl (C=O) groups is 1. The van der Waals surface area contributed by atoms with Crippen molar-refractivity contribution in [1.82, 2.24) is 24.8 Å². The number of rotatable bonds is 8. The maximum atomic E-state index is 12.9. The minimum atomic E-state index is -0.211. The molecule has 0 spiro atoms. The lowest BCUT2D eigenvalue weighted by atomic mass is 10.2. The van der Waals surface area contributed by atoms with Gasteiger partial charge >= 0.3 is 0 Å². The predicted molar refractivity (Wildman–Crippen MR) is 114 cm³/mol. The molecule has 0 aliphatic heterocycles. The summed E-state index contributed by atoms with van der Waals surface area (Å²) in [4.78, 5) is 41.9. The van der Waals surface area contributed by atoms with E-state index in [1.807, 2.05) is 30.3 Å². The molecule has 0 atom stereocenters. The van der Waals surface area contributed by atoms with Gasteiger partial charge in [-0.1, -0.05) is 24.3 Å². The van der Waals surface area contributed by atoms with Crippen LogP contribution in [0.15, 0.2) is 53.3 Å². The SMILES string of the molecule is COCCN(Cc1nc2ccccc2c(=O)[nH]1)C(=O)CCc1nc2ccccc2[nH]1. The number of H-pyrrole nitrogens is 2. The number of aromatic amines is 2. The van der Waals surface area contributed by atoms with Gasteiger partial charge in [0.05, 0.1) is 35.1 Å². The van der Waals surface area contributed by atoms with E-state index >= 15 is 0 Å². The lowest BCUT2D eigenvalue weighted by Gasteiger charge is -2.22. The number of amides is 1. The molecule has 4 rings (SSSR count). The van der Waals surface area contributed by atoms with E-state index in [9.17, 15) is 9.59 Å². The van der Waals surface area contributed by atoms with Crippen molar-refractivity contribution in [2.75, 3.05) is 20.3 Å². The number of nitrogens with zero attached hydrogens (tertiary/aromatic N) is 3. The highest BCUT2D eigenvalue weighted by Gasteiger charge is 2.17. The molecular weight excluding hydrogens is 382 g/mol. The summed E-state index contributed by atoms with van der Waals surface area (Å²) < 4.78 is 5.15. The van der Waals surface area contributed by atoms with Crippen molar-refractivity contribution in [1.29, 1.82) is 0 Å². The molecule has 4 aromatic rings. The number of aryl methyl sites for hydroxylation is 1. The van der Waals surface area contributed by atoms with Gasteiger partial charge < -0.3 is 19.6 Å². The summed E-state index contributed by atoms with van der Waals surface area (Å²) in [7, 11) is 1.59. The molecule has 2 N–H and O–H groups in total. The first-order chi connectivity index (χ1) is 14.6. The average Bonchev–Trinajstić information content (AvgIpc) is 3.18. The van der Waals surface area contributed by atoms with E-state index in [1.165, 1.54) is 0 Å². The number of carbonyl (C=O) groups excluding carboxylic acids is 1. The van der Waals surface area contributed by atoms with Gasteiger partial charge in [0.2, 0.25) is 5.91 Å². The van der Waals surface area contributed by atoms with Crippen molar-refractivity contribution in [3.8, 4) is 0 Å². The second-order valence-corrected chi connectivity index (χ2v) is 7.04. The molecule has 2 aromatic carbocycles. The molecule has 0 fully saturated rings. The van der Waals surface area contributed by atoms with Gasteiger partial charge in [0, 0.05) is 26.5 Å². The van der Waals surface area contributed by atoms with Gasteiger partial charge in [0.1, 0.15) is 11.6 Å². The number of para-hydroxylation sites is 3. The molecule has 8 nitrogen and oxygen atoms in total. The van der Waals surface area contributed by atoms with Gasteiger partial charge in [-0.25, -0.2) is 9.97 Å². The van der Waals surface area contributed by atoms with Crippen LogP contribution in [-0.2, 0) is 22.5 Å². The lowest BCUT2D eigenvalue weighted by molar-refractivity contribution is -0.132. The van der Waals surface area contributed by atoms with Crippen LogP contribution in [0.2, 0.25) is 0 Å². The van der Waals surface area contributed by atoms with E-state index in [-0.39, 0.29) is 18.0 Å². The summed E-state index contributed by atoms with van der Waals surface area (Å²) in [5.41, 5.74) is 2.23. The number of benzene rings is 2. The highest BCUT2D eigenvalue weighted by atomic mass is 16.5. The Hall–Kier alpha value is -3.52. The first-order valence-electron chi connectivity index (χ1n) is 9.82. The maximum absolute atomic E-state index is 12.9. The number of aromatic nitrogens is 4. The highest BCUT2D eigenvalue weighted by molar-refractivity contribution is 5.78. The van der Waals surface area contributed by atoms with Crippen LogP contribution < -0.4 is 5.56 Å². The minimum Gasteiger partial charge on any atom is -0.383 e. The molecule has 0 aliphatic carbocycles. The van der Waals surface area contributed by atoms with Crippen LogP contribution in [0.3, 0.4) is 0 Å². The predicted octanol–water partition coefficient (Wildman–Crippen LogP) is 2.41. The van der Waals surface area contributed by atoms with Gasteiger partial charge in [0.15, 0.2) is 0 Å². The topological polar surface area (TPSA) is 104 Å². The second-order valence-electron chi connectivity index (χ2n) is 7.04. The molecule has 2 aromatic heterocycles. The van der Waals surface area contributed by atoms with E-state index in [0.29, 0.717) is 42.7 Å². The summed E-state index contributed by atoms with van der Waals surface area (Å²) in [5.74, 6) is 1.17. The minimum absolute atomic E-state index is 0.0525. The first-order valence-corrected chi connectivity index (χ1v) is 9.82. The summed E-state index contributed by atoms with van der Waals surface area (Å²) >= 11 is 0. The molecule has 0 radical (unpaired) electrons. The molecule has 0 saturated carbocycles. The first kappa shape index (κ1) is 19.8. The second kappa shape index (κ2) is 8.87. The Morgan fingerprint density at radius 1 is 1.00 bits per heavy atom. The Morgan fingerprint density at radius 2 is 1.73 bits per heavy atom. The van der Waals surface area contributed by atoms with Crippen LogP contribution >= 0.6 is 0 Å². The Labute approximate surface area is 172 Å². The third-order valence-electron chi connectivity index (χ3n) is 4.93. The van der Waals surface area contributed by atoms with Crippen molar-refractivity contribution in [2.45, 2.75) is 19.4 Å². The van der Waals surface area contributed by atoms with Gasteiger partial charge in [-0.15, -0.1) is 0 Å². The van der Waals surface area contributed by atoms with Crippen LogP contribution in [0.5, 0.6) is 0 Å². The summed E-state index contributed by atoms with van der Waals surface area (Å²) in [6.45, 7) is 1.02. The molecule has 0 bridgehead atoms. The van der Waals surface area contributed by atoms with E-state index in [2.05, 4.69) is 19.9 Å². The smallest absolute Gasteiger partial charge is 0.258 e. The Balaban J connectivity index is 1.48. The van der Waals surface area contributed by atoms with E-state index in [0.717, 1.165) is 16.9 Å². The fourth-order valence-corrected chi connectivity index (χ4v) is 3.39. The number of nitrogens with one attached hydrogen (secondary N) is 2. The zero-order valence-electron chi connectivity index (χ0n) is 16.7. The summed E-state index contributed by atoms with van der Waals surface area (Å²) in [5, 5.41) is 0.529. The average molecular weight is 405 g/mol. The van der Waals surface area contributed by atoms with E-state index in [1.54, 1.807) is 30.2 Å².